The minimum Gasteiger partial charge on any atom is -0.302 e. The van der Waals surface area contributed by atoms with Crippen LogP contribution in [0.15, 0.2) is 0 Å². The van der Waals surface area contributed by atoms with Gasteiger partial charge in [-0.1, -0.05) is 6.92 Å². The maximum absolute atomic E-state index is 11.4. The van der Waals surface area contributed by atoms with Gasteiger partial charge in [-0.3, -0.25) is 0 Å². The Balaban J connectivity index is 2.27. The highest BCUT2D eigenvalue weighted by Gasteiger charge is 2.24. The van der Waals surface area contributed by atoms with Crippen molar-refractivity contribution in [3.8, 4) is 0 Å². The van der Waals surface area contributed by atoms with Gasteiger partial charge in [0.1, 0.15) is 0 Å². The fraction of sp³-hybridized carbons (Fsp3) is 1.00. The van der Waals surface area contributed by atoms with E-state index in [2.05, 4.69) is 11.8 Å². The van der Waals surface area contributed by atoms with E-state index in [4.69, 9.17) is 0 Å². The van der Waals surface area contributed by atoms with Crippen molar-refractivity contribution in [1.29, 1.82) is 0 Å². The lowest BCUT2D eigenvalue weighted by Gasteiger charge is -2.37. The van der Waals surface area contributed by atoms with Gasteiger partial charge >= 0.3 is 0 Å². The standard InChI is InChI=1S/C8H18N2O2S/c1-8-6-10(7-8)4-5-13(11,12)9(2)3/h8H,4-7H2,1-3H3. The molecule has 0 aromatic carbocycles. The molecule has 0 bridgehead atoms. The Morgan fingerprint density at radius 1 is 1.38 bits per heavy atom. The van der Waals surface area contributed by atoms with Gasteiger partial charge in [0.05, 0.1) is 5.75 Å². The van der Waals surface area contributed by atoms with Crippen LogP contribution in [0.1, 0.15) is 6.92 Å². The first-order chi connectivity index (χ1) is 5.92. The van der Waals surface area contributed by atoms with E-state index in [0.717, 1.165) is 19.0 Å². The van der Waals surface area contributed by atoms with Crippen molar-refractivity contribution >= 4 is 10.0 Å². The maximum Gasteiger partial charge on any atom is 0.214 e. The van der Waals surface area contributed by atoms with E-state index in [1.165, 1.54) is 4.31 Å². The van der Waals surface area contributed by atoms with Gasteiger partial charge in [0.2, 0.25) is 10.0 Å². The largest absolute Gasteiger partial charge is 0.302 e. The average Bonchev–Trinajstić information content (AvgIpc) is 1.95. The number of rotatable bonds is 4. The molecule has 0 spiro atoms. The molecule has 0 amide bonds. The quantitative estimate of drug-likeness (QED) is 0.641. The highest BCUT2D eigenvalue weighted by molar-refractivity contribution is 7.89. The predicted molar refractivity (Wildman–Crippen MR) is 53.1 cm³/mol. The average molecular weight is 206 g/mol. The Morgan fingerprint density at radius 3 is 2.31 bits per heavy atom. The smallest absolute Gasteiger partial charge is 0.214 e. The number of nitrogens with zero attached hydrogens (tertiary/aromatic N) is 2. The summed E-state index contributed by atoms with van der Waals surface area (Å²) in [5.41, 5.74) is 0. The van der Waals surface area contributed by atoms with E-state index < -0.39 is 10.0 Å². The van der Waals surface area contributed by atoms with Crippen molar-refractivity contribution in [2.45, 2.75) is 6.92 Å². The van der Waals surface area contributed by atoms with Gasteiger partial charge in [-0.05, 0) is 5.92 Å². The van der Waals surface area contributed by atoms with Gasteiger partial charge in [0.15, 0.2) is 0 Å². The molecule has 1 heterocycles. The number of hydrogen-bond donors (Lipinski definition) is 0. The molecule has 1 fully saturated rings. The lowest BCUT2D eigenvalue weighted by molar-refractivity contribution is 0.121. The molecule has 0 unspecified atom stereocenters. The summed E-state index contributed by atoms with van der Waals surface area (Å²) in [6.07, 6.45) is 0. The molecule has 1 rings (SSSR count). The van der Waals surface area contributed by atoms with E-state index in [-0.39, 0.29) is 5.75 Å². The van der Waals surface area contributed by atoms with Crippen molar-refractivity contribution in [1.82, 2.24) is 9.21 Å². The topological polar surface area (TPSA) is 40.6 Å². The van der Waals surface area contributed by atoms with Crippen molar-refractivity contribution in [3.63, 3.8) is 0 Å². The molecule has 78 valence electrons. The van der Waals surface area contributed by atoms with E-state index in [0.29, 0.717) is 6.54 Å². The van der Waals surface area contributed by atoms with E-state index >= 15 is 0 Å². The summed E-state index contributed by atoms with van der Waals surface area (Å²) in [5.74, 6) is 0.981. The van der Waals surface area contributed by atoms with Crippen LogP contribution in [0.4, 0.5) is 0 Å². The van der Waals surface area contributed by atoms with Crippen molar-refractivity contribution in [2.24, 2.45) is 5.92 Å². The third-order valence-electron chi connectivity index (χ3n) is 2.36. The first-order valence-corrected chi connectivity index (χ1v) is 6.15. The number of hydrogen-bond acceptors (Lipinski definition) is 3. The van der Waals surface area contributed by atoms with Crippen LogP contribution in [0.3, 0.4) is 0 Å². The minimum atomic E-state index is -3.00. The Morgan fingerprint density at radius 2 is 1.92 bits per heavy atom. The summed E-state index contributed by atoms with van der Waals surface area (Å²) >= 11 is 0. The molecule has 0 N–H and O–H groups in total. The molecule has 0 aromatic heterocycles. The van der Waals surface area contributed by atoms with E-state index in [1.807, 2.05) is 0 Å². The summed E-state index contributed by atoms with van der Waals surface area (Å²) in [6, 6.07) is 0. The molecule has 5 heteroatoms. The monoisotopic (exact) mass is 206 g/mol. The predicted octanol–water partition coefficient (Wildman–Crippen LogP) is -0.170. The zero-order valence-corrected chi connectivity index (χ0v) is 9.34. The third kappa shape index (κ3) is 2.93. The fourth-order valence-corrected chi connectivity index (χ4v) is 2.29. The van der Waals surface area contributed by atoms with Crippen LogP contribution in [-0.2, 0) is 10.0 Å². The van der Waals surface area contributed by atoms with Gasteiger partial charge in [-0.25, -0.2) is 12.7 Å². The summed E-state index contributed by atoms with van der Waals surface area (Å²) in [4.78, 5) is 2.17. The molecule has 0 aromatic rings. The van der Waals surface area contributed by atoms with Gasteiger partial charge in [-0.2, -0.15) is 0 Å². The van der Waals surface area contributed by atoms with Crippen LogP contribution in [0.2, 0.25) is 0 Å². The molecule has 0 atom stereocenters. The third-order valence-corrected chi connectivity index (χ3v) is 4.17. The van der Waals surface area contributed by atoms with Crippen molar-refractivity contribution < 1.29 is 8.42 Å². The second-order valence-electron chi connectivity index (χ2n) is 3.96. The van der Waals surface area contributed by atoms with E-state index in [9.17, 15) is 8.42 Å². The Bertz CT molecular complexity index is 255. The second kappa shape index (κ2) is 3.94. The molecule has 0 aliphatic carbocycles. The lowest BCUT2D eigenvalue weighted by atomic mass is 10.0. The SMILES string of the molecule is CC1CN(CCS(=O)(=O)N(C)C)C1. The van der Waals surface area contributed by atoms with Gasteiger partial charge in [0.25, 0.3) is 0 Å². The molecule has 1 aliphatic heterocycles. The molecule has 0 saturated carbocycles. The molecule has 1 aliphatic rings. The lowest BCUT2D eigenvalue weighted by Crippen LogP contribution is -2.47. The zero-order chi connectivity index (χ0) is 10.1. The molecular weight excluding hydrogens is 188 g/mol. The molecule has 13 heavy (non-hydrogen) atoms. The Hall–Kier alpha value is -0.130. The van der Waals surface area contributed by atoms with Crippen molar-refractivity contribution in [3.05, 3.63) is 0 Å². The van der Waals surface area contributed by atoms with Crippen LogP contribution < -0.4 is 0 Å². The summed E-state index contributed by atoms with van der Waals surface area (Å²) in [5, 5.41) is 0. The summed E-state index contributed by atoms with van der Waals surface area (Å²) in [7, 11) is 0.160. The normalized spacial score (nSPS) is 20.6. The first-order valence-electron chi connectivity index (χ1n) is 4.54. The van der Waals surface area contributed by atoms with Gasteiger partial charge in [-0.15, -0.1) is 0 Å². The van der Waals surface area contributed by atoms with Gasteiger partial charge < -0.3 is 4.90 Å². The molecule has 4 nitrogen and oxygen atoms in total. The van der Waals surface area contributed by atoms with Crippen molar-refractivity contribution in [2.75, 3.05) is 39.5 Å². The first kappa shape index (κ1) is 10.9. The van der Waals surface area contributed by atoms with Crippen LogP contribution >= 0.6 is 0 Å². The highest BCUT2D eigenvalue weighted by atomic mass is 32.2. The van der Waals surface area contributed by atoms with E-state index in [1.54, 1.807) is 14.1 Å². The fourth-order valence-electron chi connectivity index (χ4n) is 1.44. The van der Waals surface area contributed by atoms with Crippen LogP contribution in [0, 0.1) is 5.92 Å². The molecular formula is C8H18N2O2S. The summed E-state index contributed by atoms with van der Waals surface area (Å²) in [6.45, 7) is 4.94. The molecule has 1 saturated heterocycles. The van der Waals surface area contributed by atoms with Crippen LogP contribution in [-0.4, -0.2) is 57.1 Å². The summed E-state index contributed by atoms with van der Waals surface area (Å²) < 4.78 is 24.0. The molecule has 0 radical (unpaired) electrons. The number of likely N-dealkylation sites (tertiary alicyclic amines) is 1. The van der Waals surface area contributed by atoms with Crippen LogP contribution in [0.25, 0.3) is 0 Å². The zero-order valence-electron chi connectivity index (χ0n) is 8.52. The second-order valence-corrected chi connectivity index (χ2v) is 6.27. The van der Waals surface area contributed by atoms with Crippen LogP contribution in [0.5, 0.6) is 0 Å². The number of sulfonamides is 1. The highest BCUT2D eigenvalue weighted by Crippen LogP contribution is 2.13. The Labute approximate surface area is 80.6 Å². The minimum absolute atomic E-state index is 0.243. The Kier molecular flexibility index (Phi) is 3.32. The van der Waals surface area contributed by atoms with Gasteiger partial charge in [0, 0.05) is 33.7 Å². The maximum atomic E-state index is 11.4.